The number of carboxylic acid groups (broad SMARTS) is 1. The summed E-state index contributed by atoms with van der Waals surface area (Å²) in [4.78, 5) is 26.4. The quantitative estimate of drug-likeness (QED) is 0.245. The Kier molecular flexibility index (Phi) is 12.1. The summed E-state index contributed by atoms with van der Waals surface area (Å²) < 4.78 is 16.8. The maximum Gasteiger partial charge on any atom is 0.326 e. The van der Waals surface area contributed by atoms with Crippen LogP contribution in [0.5, 0.6) is 17.2 Å². The lowest BCUT2D eigenvalue weighted by Crippen LogP contribution is -2.42. The first kappa shape index (κ1) is 32.3. The fourth-order valence-corrected chi connectivity index (χ4v) is 4.53. The molecular weight excluding hydrogens is 556 g/mol. The molecule has 0 saturated heterocycles. The van der Waals surface area contributed by atoms with Gasteiger partial charge in [-0.1, -0.05) is 62.6 Å². The zero-order valence-corrected chi connectivity index (χ0v) is 25.4. The number of hydrogen-bond donors (Lipinski definition) is 2. The van der Waals surface area contributed by atoms with Gasteiger partial charge in [0.15, 0.2) is 17.4 Å². The molecule has 0 spiro atoms. The van der Waals surface area contributed by atoms with E-state index in [1.807, 2.05) is 17.0 Å². The number of amides is 1. The van der Waals surface area contributed by atoms with E-state index in [4.69, 9.17) is 25.8 Å². The van der Waals surface area contributed by atoms with Gasteiger partial charge in [-0.2, -0.15) is 0 Å². The van der Waals surface area contributed by atoms with E-state index in [1.54, 1.807) is 62.8 Å². The van der Waals surface area contributed by atoms with E-state index in [1.165, 1.54) is 18.4 Å². The summed E-state index contributed by atoms with van der Waals surface area (Å²) in [7, 11) is 3.24. The van der Waals surface area contributed by atoms with Crippen molar-refractivity contribution in [2.24, 2.45) is 0 Å². The van der Waals surface area contributed by atoms with Crippen LogP contribution in [-0.4, -0.2) is 48.7 Å². The first-order chi connectivity index (χ1) is 20.2. The first-order valence-corrected chi connectivity index (χ1v) is 14.3. The third kappa shape index (κ3) is 8.66. The normalized spacial score (nSPS) is 12.6. The van der Waals surface area contributed by atoms with Gasteiger partial charge in [0, 0.05) is 19.5 Å². The van der Waals surface area contributed by atoms with Gasteiger partial charge in [0.2, 0.25) is 0 Å². The second-order valence-electron chi connectivity index (χ2n) is 9.84. The molecule has 3 aromatic carbocycles. The van der Waals surface area contributed by atoms with Crippen molar-refractivity contribution in [3.8, 4) is 17.2 Å². The highest BCUT2D eigenvalue weighted by Crippen LogP contribution is 2.34. The maximum atomic E-state index is 12.5. The zero-order valence-electron chi connectivity index (χ0n) is 24.6. The number of hydrogen-bond acceptors (Lipinski definition) is 6. The second-order valence-corrected chi connectivity index (χ2v) is 10.2. The summed E-state index contributed by atoms with van der Waals surface area (Å²) in [5.74, 6) is 0.788. The Bertz CT molecular complexity index is 1370. The number of benzene rings is 3. The minimum atomic E-state index is -1.14. The van der Waals surface area contributed by atoms with Crippen LogP contribution in [-0.2, 0) is 24.2 Å². The topological polar surface area (TPSA) is 97.3 Å². The Morgan fingerprint density at radius 2 is 1.62 bits per heavy atom. The Morgan fingerprint density at radius 1 is 1.00 bits per heavy atom. The van der Waals surface area contributed by atoms with Gasteiger partial charge < -0.3 is 29.5 Å². The van der Waals surface area contributed by atoms with Crippen LogP contribution < -0.4 is 19.5 Å². The van der Waals surface area contributed by atoms with Gasteiger partial charge in [0.1, 0.15) is 11.8 Å². The average molecular weight is 595 g/mol. The second kappa shape index (κ2) is 15.7. The summed E-state index contributed by atoms with van der Waals surface area (Å²) in [6.07, 6.45) is 3.55. The van der Waals surface area contributed by atoms with Crippen molar-refractivity contribution < 1.29 is 28.9 Å². The van der Waals surface area contributed by atoms with Gasteiger partial charge in [0.25, 0.3) is 5.91 Å². The number of nitrogens with one attached hydrogen (secondary N) is 1. The number of ether oxygens (including phenoxy) is 3. The number of rotatable bonds is 11. The smallest absolute Gasteiger partial charge is 0.326 e. The van der Waals surface area contributed by atoms with E-state index >= 15 is 0 Å². The fraction of sp³-hybridized carbons (Fsp3) is 0.333. The molecule has 4 rings (SSSR count). The number of methoxy groups -OCH3 is 2. The molecule has 1 aliphatic heterocycles. The van der Waals surface area contributed by atoms with E-state index < -0.39 is 17.9 Å². The SMILES string of the molecule is C=C(Oc1ccc(CC(NC(=O)c2ccccc2Cl)C(=O)O)cc1)N1CCc2cc(OC)c(OC)cc2C1.CCCC. The summed E-state index contributed by atoms with van der Waals surface area (Å²) in [5, 5.41) is 12.4. The van der Waals surface area contributed by atoms with Crippen molar-refractivity contribution in [3.63, 3.8) is 0 Å². The van der Waals surface area contributed by atoms with Gasteiger partial charge >= 0.3 is 5.97 Å². The average Bonchev–Trinajstić information content (AvgIpc) is 3.00. The first-order valence-electron chi connectivity index (χ1n) is 13.9. The van der Waals surface area contributed by atoms with Crippen molar-refractivity contribution in [1.82, 2.24) is 10.2 Å². The lowest BCUT2D eigenvalue weighted by molar-refractivity contribution is -0.139. The van der Waals surface area contributed by atoms with Crippen LogP contribution in [0.3, 0.4) is 0 Å². The van der Waals surface area contributed by atoms with Gasteiger partial charge in [-0.15, -0.1) is 0 Å². The number of carbonyl (C=O) groups excluding carboxylic acids is 1. The molecule has 42 heavy (non-hydrogen) atoms. The highest BCUT2D eigenvalue weighted by atomic mass is 35.5. The van der Waals surface area contributed by atoms with Crippen molar-refractivity contribution >= 4 is 23.5 Å². The molecule has 1 aliphatic rings. The number of halogens is 1. The molecular formula is C33H39ClN2O6. The predicted octanol–water partition coefficient (Wildman–Crippen LogP) is 6.50. The van der Waals surface area contributed by atoms with Crippen LogP contribution in [0.25, 0.3) is 0 Å². The molecule has 1 heterocycles. The molecule has 1 amide bonds. The monoisotopic (exact) mass is 594 g/mol. The van der Waals surface area contributed by atoms with Crippen molar-refractivity contribution in [2.45, 2.75) is 52.1 Å². The van der Waals surface area contributed by atoms with Crippen LogP contribution in [0.4, 0.5) is 0 Å². The molecule has 2 N–H and O–H groups in total. The number of fused-ring (bicyclic) bond motifs is 1. The largest absolute Gasteiger partial charge is 0.493 e. The molecule has 0 bridgehead atoms. The Morgan fingerprint density at radius 3 is 2.19 bits per heavy atom. The third-order valence-corrected chi connectivity index (χ3v) is 7.22. The van der Waals surface area contributed by atoms with Crippen molar-refractivity contribution in [2.75, 3.05) is 20.8 Å². The van der Waals surface area contributed by atoms with Crippen LogP contribution in [0.15, 0.2) is 73.1 Å². The standard InChI is InChI=1S/C29H29ClN2O6.C4H10/c1-18(32-13-12-20-15-26(36-2)27(37-3)16-21(20)17-32)38-22-10-8-19(9-11-22)14-25(29(34)35)31-28(33)23-6-4-5-7-24(23)30;1-3-4-2/h4-11,15-16,25H,1,12-14,17H2,2-3H3,(H,31,33)(H,34,35);3-4H2,1-2H3. The molecule has 0 fully saturated rings. The summed E-state index contributed by atoms with van der Waals surface area (Å²) in [6.45, 7) is 9.82. The number of carboxylic acids is 1. The number of nitrogens with zero attached hydrogens (tertiary/aromatic N) is 1. The Hall–Kier alpha value is -4.17. The highest BCUT2D eigenvalue weighted by Gasteiger charge is 2.23. The lowest BCUT2D eigenvalue weighted by Gasteiger charge is -2.32. The van der Waals surface area contributed by atoms with Gasteiger partial charge in [0.05, 0.1) is 24.8 Å². The number of aliphatic carboxylic acids is 1. The number of carbonyl (C=O) groups is 2. The Labute approximate surface area is 252 Å². The van der Waals surface area contributed by atoms with Crippen LogP contribution in [0, 0.1) is 0 Å². The minimum Gasteiger partial charge on any atom is -0.493 e. The van der Waals surface area contributed by atoms with Gasteiger partial charge in [-0.25, -0.2) is 4.79 Å². The highest BCUT2D eigenvalue weighted by molar-refractivity contribution is 6.33. The van der Waals surface area contributed by atoms with Crippen molar-refractivity contribution in [1.29, 1.82) is 0 Å². The summed E-state index contributed by atoms with van der Waals surface area (Å²) in [5.41, 5.74) is 3.27. The molecule has 0 radical (unpaired) electrons. The molecule has 0 aromatic heterocycles. The Balaban J connectivity index is 0.00000114. The van der Waals surface area contributed by atoms with E-state index in [9.17, 15) is 14.7 Å². The summed E-state index contributed by atoms with van der Waals surface area (Å²) in [6, 6.07) is 16.4. The molecule has 1 unspecified atom stereocenters. The van der Waals surface area contributed by atoms with Crippen molar-refractivity contribution in [3.05, 3.63) is 100 Å². The van der Waals surface area contributed by atoms with E-state index in [0.29, 0.717) is 29.7 Å². The lowest BCUT2D eigenvalue weighted by atomic mass is 9.99. The van der Waals surface area contributed by atoms with E-state index in [2.05, 4.69) is 25.7 Å². The molecule has 224 valence electrons. The molecule has 0 saturated carbocycles. The van der Waals surface area contributed by atoms with E-state index in [-0.39, 0.29) is 17.0 Å². The molecule has 1 atom stereocenters. The minimum absolute atomic E-state index is 0.0982. The molecule has 3 aromatic rings. The van der Waals surface area contributed by atoms with E-state index in [0.717, 1.165) is 24.1 Å². The molecule has 0 aliphatic carbocycles. The fourth-order valence-electron chi connectivity index (χ4n) is 4.31. The maximum absolute atomic E-state index is 12.5. The third-order valence-electron chi connectivity index (χ3n) is 6.89. The molecule has 9 heteroatoms. The molecule has 8 nitrogen and oxygen atoms in total. The zero-order chi connectivity index (χ0) is 30.6. The predicted molar refractivity (Wildman–Crippen MR) is 164 cm³/mol. The van der Waals surface area contributed by atoms with Gasteiger partial charge in [-0.05, 0) is 66.1 Å². The van der Waals surface area contributed by atoms with Crippen LogP contribution in [0.2, 0.25) is 5.02 Å². The van der Waals surface area contributed by atoms with Crippen LogP contribution in [0.1, 0.15) is 53.7 Å². The summed E-state index contributed by atoms with van der Waals surface area (Å²) >= 11 is 6.06. The number of unbranched alkanes of at least 4 members (excludes halogenated alkanes) is 1. The van der Waals surface area contributed by atoms with Crippen LogP contribution >= 0.6 is 11.6 Å². The van der Waals surface area contributed by atoms with Gasteiger partial charge in [-0.3, -0.25) is 4.79 Å².